The Morgan fingerprint density at radius 2 is 1.17 bits per heavy atom. The summed E-state index contributed by atoms with van der Waals surface area (Å²) in [6.45, 7) is 9.73. The fourth-order valence-corrected chi connectivity index (χ4v) is 3.80. The van der Waals surface area contributed by atoms with Crippen molar-refractivity contribution in [2.75, 3.05) is 33.2 Å². The van der Waals surface area contributed by atoms with E-state index < -0.39 is 0 Å². The first-order valence-electron chi connectivity index (χ1n) is 10.7. The van der Waals surface area contributed by atoms with Gasteiger partial charge in [-0.25, -0.2) is 0 Å². The number of rotatable bonds is 14. The number of likely N-dealkylation sites (N-methyl/N-ethyl adjacent to an activating group) is 1. The highest BCUT2D eigenvalue weighted by atomic mass is 15.2. The third-order valence-electron chi connectivity index (χ3n) is 5.54. The second kappa shape index (κ2) is 14.3. The first-order valence-corrected chi connectivity index (χ1v) is 10.7. The summed E-state index contributed by atoms with van der Waals surface area (Å²) in [7, 11) is 3.63. The van der Waals surface area contributed by atoms with E-state index in [4.69, 9.17) is 0 Å². The fraction of sp³-hybridized carbons (Fsp3) is 1.00. The van der Waals surface area contributed by atoms with E-state index in [1.165, 1.54) is 111 Å². The lowest BCUT2D eigenvalue weighted by atomic mass is 9.68. The second-order valence-electron chi connectivity index (χ2n) is 7.88. The fourth-order valence-electron chi connectivity index (χ4n) is 3.80. The molecule has 0 N–H and O–H groups in total. The predicted octanol–water partition coefficient (Wildman–Crippen LogP) is 5.09. The molecule has 1 saturated heterocycles. The average molecular weight is 322 g/mol. The van der Waals surface area contributed by atoms with Crippen molar-refractivity contribution < 1.29 is 0 Å². The summed E-state index contributed by atoms with van der Waals surface area (Å²) in [5.74, 6) is 0.960. The molecule has 0 aliphatic carbocycles. The van der Waals surface area contributed by atoms with Crippen LogP contribution in [0.4, 0.5) is 0 Å². The molecule has 1 heterocycles. The first kappa shape index (κ1) is 21.0. The van der Waals surface area contributed by atoms with Gasteiger partial charge in [0.15, 0.2) is 0 Å². The molecule has 0 unspecified atom stereocenters. The maximum atomic E-state index is 2.74. The monoisotopic (exact) mass is 322 g/mol. The van der Waals surface area contributed by atoms with E-state index in [9.17, 15) is 0 Å². The molecule has 23 heavy (non-hydrogen) atoms. The molecule has 0 aromatic carbocycles. The maximum absolute atomic E-state index is 2.74. The maximum Gasteiger partial charge on any atom is 0.207 e. The molecule has 0 spiro atoms. The Morgan fingerprint density at radius 1 is 0.696 bits per heavy atom. The summed E-state index contributed by atoms with van der Waals surface area (Å²) >= 11 is 0. The Balaban J connectivity index is 2.22. The third kappa shape index (κ3) is 11.2. The summed E-state index contributed by atoms with van der Waals surface area (Å²) in [5, 5.41) is 0. The van der Waals surface area contributed by atoms with Crippen LogP contribution in [0.15, 0.2) is 0 Å². The van der Waals surface area contributed by atoms with Crippen molar-refractivity contribution in [3.05, 3.63) is 0 Å². The van der Waals surface area contributed by atoms with E-state index in [0.29, 0.717) is 0 Å². The molecular weight excluding hydrogens is 279 g/mol. The summed E-state index contributed by atoms with van der Waals surface area (Å²) in [6, 6.07) is 0. The Hall–Kier alpha value is -0.0151. The van der Waals surface area contributed by atoms with E-state index in [1.807, 2.05) is 0 Å². The zero-order valence-corrected chi connectivity index (χ0v) is 16.5. The molecular formula is C20H43BN2. The van der Waals surface area contributed by atoms with Crippen molar-refractivity contribution in [1.29, 1.82) is 0 Å². The van der Waals surface area contributed by atoms with Crippen LogP contribution in [0.5, 0.6) is 0 Å². The van der Waals surface area contributed by atoms with Gasteiger partial charge < -0.3 is 9.71 Å². The molecule has 0 atom stereocenters. The summed E-state index contributed by atoms with van der Waals surface area (Å²) in [5.41, 5.74) is 0. The number of nitrogens with zero attached hydrogens (tertiary/aromatic N) is 2. The molecule has 0 amide bonds. The second-order valence-corrected chi connectivity index (χ2v) is 7.88. The van der Waals surface area contributed by atoms with E-state index in [1.54, 1.807) is 0 Å². The molecule has 0 radical (unpaired) electrons. The molecule has 1 aliphatic rings. The van der Waals surface area contributed by atoms with Crippen molar-refractivity contribution in [2.24, 2.45) is 0 Å². The van der Waals surface area contributed by atoms with E-state index in [0.717, 1.165) is 5.82 Å². The molecule has 0 bridgehead atoms. The van der Waals surface area contributed by atoms with Crippen LogP contribution in [0.1, 0.15) is 90.9 Å². The Bertz CT molecular complexity index is 238. The highest BCUT2D eigenvalue weighted by Gasteiger charge is 2.19. The van der Waals surface area contributed by atoms with Gasteiger partial charge in [0.1, 0.15) is 0 Å². The van der Waals surface area contributed by atoms with Crippen molar-refractivity contribution in [3.8, 4) is 0 Å². The van der Waals surface area contributed by atoms with Gasteiger partial charge in [-0.05, 0) is 20.1 Å². The van der Waals surface area contributed by atoms with Crippen LogP contribution in [0.2, 0.25) is 5.82 Å². The van der Waals surface area contributed by atoms with Gasteiger partial charge >= 0.3 is 0 Å². The molecule has 1 aliphatic heterocycles. The molecule has 3 heteroatoms. The van der Waals surface area contributed by atoms with Gasteiger partial charge in [-0.1, -0.05) is 96.7 Å². The van der Waals surface area contributed by atoms with Gasteiger partial charge in [0.25, 0.3) is 0 Å². The molecule has 136 valence electrons. The first-order chi connectivity index (χ1) is 11.3. The summed E-state index contributed by atoms with van der Waals surface area (Å²) in [4.78, 5) is 5.21. The molecule has 0 aromatic heterocycles. The van der Waals surface area contributed by atoms with E-state index in [-0.39, 0.29) is 0 Å². The van der Waals surface area contributed by atoms with Crippen molar-refractivity contribution in [2.45, 2.75) is 96.7 Å². The molecule has 1 fully saturated rings. The standard InChI is InChI=1S/C20H43BN2/c1-4-6-8-10-12-14-20(15-13-11-9-7-5-2)21-23-18-16-22(3)17-19-23/h20-21H,4-19H2,1-3H3. The van der Waals surface area contributed by atoms with Crippen LogP contribution in [-0.4, -0.2) is 50.4 Å². The van der Waals surface area contributed by atoms with Crippen LogP contribution in [0.25, 0.3) is 0 Å². The predicted molar refractivity (Wildman–Crippen MR) is 107 cm³/mol. The van der Waals surface area contributed by atoms with Crippen molar-refractivity contribution in [1.82, 2.24) is 9.71 Å². The number of hydrogen-bond donors (Lipinski definition) is 0. The lowest BCUT2D eigenvalue weighted by Gasteiger charge is -2.34. The topological polar surface area (TPSA) is 6.48 Å². The van der Waals surface area contributed by atoms with Gasteiger partial charge in [0.05, 0.1) is 0 Å². The van der Waals surface area contributed by atoms with Crippen LogP contribution in [0.3, 0.4) is 0 Å². The molecule has 0 aromatic rings. The van der Waals surface area contributed by atoms with Gasteiger partial charge in [-0.2, -0.15) is 0 Å². The normalized spacial score (nSPS) is 17.0. The average Bonchev–Trinajstić information content (AvgIpc) is 2.56. The Morgan fingerprint density at radius 3 is 1.65 bits per heavy atom. The zero-order valence-electron chi connectivity index (χ0n) is 16.5. The van der Waals surface area contributed by atoms with Crippen molar-refractivity contribution in [3.63, 3.8) is 0 Å². The minimum atomic E-state index is 0.960. The lowest BCUT2D eigenvalue weighted by molar-refractivity contribution is 0.221. The lowest BCUT2D eigenvalue weighted by Crippen LogP contribution is -2.46. The third-order valence-corrected chi connectivity index (χ3v) is 5.54. The van der Waals surface area contributed by atoms with Gasteiger partial charge in [-0.3, -0.25) is 0 Å². The van der Waals surface area contributed by atoms with Crippen LogP contribution in [-0.2, 0) is 0 Å². The van der Waals surface area contributed by atoms with Gasteiger partial charge in [-0.15, -0.1) is 0 Å². The minimum Gasteiger partial charge on any atom is -0.343 e. The van der Waals surface area contributed by atoms with Gasteiger partial charge in [0.2, 0.25) is 7.41 Å². The summed E-state index contributed by atoms with van der Waals surface area (Å²) < 4.78 is 0. The van der Waals surface area contributed by atoms with Gasteiger partial charge in [0, 0.05) is 13.1 Å². The number of hydrogen-bond acceptors (Lipinski definition) is 2. The number of unbranched alkanes of at least 4 members (excludes halogenated alkanes) is 8. The Labute approximate surface area is 147 Å². The minimum absolute atomic E-state index is 0.960. The molecule has 0 saturated carbocycles. The number of piperazine rings is 1. The SMILES string of the molecule is CCCCCCCC(BN1CCN(C)CC1)CCCCCCC. The quantitative estimate of drug-likeness (QED) is 0.324. The highest BCUT2D eigenvalue weighted by Crippen LogP contribution is 2.24. The van der Waals surface area contributed by atoms with Crippen molar-refractivity contribution >= 4 is 7.41 Å². The zero-order chi connectivity index (χ0) is 16.8. The van der Waals surface area contributed by atoms with Crippen LogP contribution >= 0.6 is 0 Å². The molecule has 2 nitrogen and oxygen atoms in total. The van der Waals surface area contributed by atoms with Crippen LogP contribution < -0.4 is 0 Å². The van der Waals surface area contributed by atoms with E-state index in [2.05, 4.69) is 30.6 Å². The van der Waals surface area contributed by atoms with E-state index >= 15 is 0 Å². The van der Waals surface area contributed by atoms with Crippen LogP contribution in [0, 0.1) is 0 Å². The Kier molecular flexibility index (Phi) is 13.1. The summed E-state index contributed by atoms with van der Waals surface area (Å²) in [6.07, 6.45) is 17.3. The smallest absolute Gasteiger partial charge is 0.207 e. The molecule has 1 rings (SSSR count). The highest BCUT2D eigenvalue weighted by molar-refractivity contribution is 6.34. The largest absolute Gasteiger partial charge is 0.343 e.